The number of pyridine rings is 2. The number of hydrogen-bond acceptors (Lipinski definition) is 3. The molecule has 1 unspecified atom stereocenters. The van der Waals surface area contributed by atoms with E-state index in [9.17, 15) is 18.0 Å². The summed E-state index contributed by atoms with van der Waals surface area (Å²) in [6.07, 6.45) is 5.99. The van der Waals surface area contributed by atoms with Crippen LogP contribution in [0.3, 0.4) is 0 Å². The Kier molecular flexibility index (Phi) is 5.55. The number of fused-ring (bicyclic) bond motifs is 3. The minimum atomic E-state index is -4.22. The number of carbonyl (C=O) groups is 1. The lowest BCUT2D eigenvalue weighted by Crippen LogP contribution is -2.45. The lowest BCUT2D eigenvalue weighted by Gasteiger charge is -2.35. The number of alkyl halides is 3. The van der Waals surface area contributed by atoms with Gasteiger partial charge in [-0.2, -0.15) is 13.2 Å². The minimum absolute atomic E-state index is 0.114. The predicted octanol–water partition coefficient (Wildman–Crippen LogP) is 5.58. The highest BCUT2D eigenvalue weighted by molar-refractivity contribution is 6.05. The third-order valence-electron chi connectivity index (χ3n) is 7.31. The lowest BCUT2D eigenvalue weighted by molar-refractivity contribution is -0.188. The Morgan fingerprint density at radius 1 is 1.12 bits per heavy atom. The molecule has 5 rings (SSSR count). The Morgan fingerprint density at radius 2 is 1.94 bits per heavy atom. The molecule has 0 bridgehead atoms. The van der Waals surface area contributed by atoms with E-state index in [1.54, 1.807) is 6.20 Å². The molecule has 1 aliphatic carbocycles. The van der Waals surface area contributed by atoms with Crippen LogP contribution in [0.15, 0.2) is 30.7 Å². The third kappa shape index (κ3) is 4.07. The van der Waals surface area contributed by atoms with Crippen LogP contribution in [-0.4, -0.2) is 45.0 Å². The van der Waals surface area contributed by atoms with Gasteiger partial charge in [-0.3, -0.25) is 9.78 Å². The Morgan fingerprint density at radius 3 is 2.72 bits per heavy atom. The second-order valence-electron chi connectivity index (χ2n) is 9.30. The van der Waals surface area contributed by atoms with Gasteiger partial charge in [0.15, 0.2) is 0 Å². The van der Waals surface area contributed by atoms with E-state index in [4.69, 9.17) is 0 Å². The first-order valence-corrected chi connectivity index (χ1v) is 11.5. The molecule has 1 saturated heterocycles. The SMILES string of the molecule is O=C(CC1CCC(c2ccnc3cnc4[nH]ccc4c23)CC1)N1CCCC(C(F)(F)F)C1. The van der Waals surface area contributed by atoms with Crippen molar-refractivity contribution < 1.29 is 18.0 Å². The first-order valence-electron chi connectivity index (χ1n) is 11.5. The second-order valence-corrected chi connectivity index (χ2v) is 9.30. The van der Waals surface area contributed by atoms with Gasteiger partial charge in [0.1, 0.15) is 5.65 Å². The van der Waals surface area contributed by atoms with Crippen molar-refractivity contribution in [1.29, 1.82) is 0 Å². The number of hydrogen-bond donors (Lipinski definition) is 1. The molecule has 5 nitrogen and oxygen atoms in total. The van der Waals surface area contributed by atoms with E-state index in [1.165, 1.54) is 10.5 Å². The summed E-state index contributed by atoms with van der Waals surface area (Å²) < 4.78 is 39.2. The van der Waals surface area contributed by atoms with Crippen LogP contribution in [0.25, 0.3) is 21.9 Å². The van der Waals surface area contributed by atoms with Crippen LogP contribution in [0, 0.1) is 11.8 Å². The summed E-state index contributed by atoms with van der Waals surface area (Å²) in [5.74, 6) is -0.864. The largest absolute Gasteiger partial charge is 0.393 e. The van der Waals surface area contributed by atoms with E-state index in [0.29, 0.717) is 25.3 Å². The number of likely N-dealkylation sites (tertiary alicyclic amines) is 1. The normalized spacial score (nSPS) is 24.8. The van der Waals surface area contributed by atoms with Crippen molar-refractivity contribution in [2.45, 2.75) is 57.0 Å². The molecule has 1 aliphatic heterocycles. The van der Waals surface area contributed by atoms with Crippen molar-refractivity contribution in [3.8, 4) is 0 Å². The highest BCUT2D eigenvalue weighted by Gasteiger charge is 2.42. The number of aromatic nitrogens is 3. The molecular formula is C24H27F3N4O. The van der Waals surface area contributed by atoms with Crippen molar-refractivity contribution in [3.63, 3.8) is 0 Å². The van der Waals surface area contributed by atoms with Crippen molar-refractivity contribution >= 4 is 27.8 Å². The summed E-state index contributed by atoms with van der Waals surface area (Å²) in [6.45, 7) is 0.270. The van der Waals surface area contributed by atoms with Crippen molar-refractivity contribution in [3.05, 3.63) is 36.3 Å². The Bertz CT molecular complexity index is 1120. The third-order valence-corrected chi connectivity index (χ3v) is 7.31. The van der Waals surface area contributed by atoms with Gasteiger partial charge < -0.3 is 9.88 Å². The highest BCUT2D eigenvalue weighted by atomic mass is 19.4. The number of rotatable bonds is 3. The van der Waals surface area contributed by atoms with Crippen molar-refractivity contribution in [2.75, 3.05) is 13.1 Å². The van der Waals surface area contributed by atoms with Crippen LogP contribution >= 0.6 is 0 Å². The van der Waals surface area contributed by atoms with Crippen LogP contribution in [0.5, 0.6) is 0 Å². The zero-order chi connectivity index (χ0) is 22.3. The topological polar surface area (TPSA) is 61.9 Å². The minimum Gasteiger partial charge on any atom is -0.346 e. The van der Waals surface area contributed by atoms with Crippen LogP contribution in [0.1, 0.15) is 56.4 Å². The maximum atomic E-state index is 13.1. The zero-order valence-electron chi connectivity index (χ0n) is 17.9. The zero-order valence-corrected chi connectivity index (χ0v) is 17.9. The average molecular weight is 445 g/mol. The number of halogens is 3. The number of piperidine rings is 1. The van der Waals surface area contributed by atoms with Crippen LogP contribution in [-0.2, 0) is 4.79 Å². The summed E-state index contributed by atoms with van der Waals surface area (Å²) in [5, 5.41) is 2.22. The highest BCUT2D eigenvalue weighted by Crippen LogP contribution is 2.41. The standard InChI is InChI=1S/C24H27F3N4O/c25-24(26,27)17-2-1-11-31(14-17)21(32)12-15-3-5-16(6-4-15)18-7-9-28-20-13-30-23-19(22(18)20)8-10-29-23/h7-10,13,15-17H,1-6,11-12,14H2,(H,29,30). The van der Waals surface area contributed by atoms with Crippen LogP contribution in [0.4, 0.5) is 13.2 Å². The van der Waals surface area contributed by atoms with Gasteiger partial charge in [0.25, 0.3) is 0 Å². The molecule has 2 fully saturated rings. The molecule has 2 aliphatic rings. The van der Waals surface area contributed by atoms with E-state index in [0.717, 1.165) is 47.6 Å². The van der Waals surface area contributed by atoms with Gasteiger partial charge in [-0.25, -0.2) is 4.98 Å². The molecule has 0 aromatic carbocycles. The van der Waals surface area contributed by atoms with E-state index >= 15 is 0 Å². The number of H-pyrrole nitrogens is 1. The molecule has 0 radical (unpaired) electrons. The van der Waals surface area contributed by atoms with Gasteiger partial charge >= 0.3 is 6.18 Å². The first-order chi connectivity index (χ1) is 15.4. The van der Waals surface area contributed by atoms with Gasteiger partial charge in [0.05, 0.1) is 17.6 Å². The summed E-state index contributed by atoms with van der Waals surface area (Å²) in [7, 11) is 0. The van der Waals surface area contributed by atoms with Gasteiger partial charge in [0, 0.05) is 42.7 Å². The Labute approximate surface area is 184 Å². The lowest BCUT2D eigenvalue weighted by atomic mass is 9.76. The number of aromatic amines is 1. The summed E-state index contributed by atoms with van der Waals surface area (Å²) in [5.41, 5.74) is 3.01. The van der Waals surface area contributed by atoms with Crippen LogP contribution in [0.2, 0.25) is 0 Å². The predicted molar refractivity (Wildman–Crippen MR) is 116 cm³/mol. The molecule has 4 heterocycles. The number of nitrogens with zero attached hydrogens (tertiary/aromatic N) is 3. The maximum absolute atomic E-state index is 13.1. The smallest absolute Gasteiger partial charge is 0.346 e. The first kappa shape index (κ1) is 21.2. The molecule has 8 heteroatoms. The fraction of sp³-hybridized carbons (Fsp3) is 0.542. The number of nitrogens with one attached hydrogen (secondary N) is 1. The summed E-state index contributed by atoms with van der Waals surface area (Å²) in [4.78, 5) is 26.3. The summed E-state index contributed by atoms with van der Waals surface area (Å²) in [6, 6.07) is 4.13. The number of carbonyl (C=O) groups excluding carboxylic acids is 1. The van der Waals surface area contributed by atoms with E-state index < -0.39 is 12.1 Å². The Hall–Kier alpha value is -2.64. The molecule has 1 amide bonds. The number of amides is 1. The fourth-order valence-electron chi connectivity index (χ4n) is 5.54. The quantitative estimate of drug-likeness (QED) is 0.574. The second kappa shape index (κ2) is 8.37. The maximum Gasteiger partial charge on any atom is 0.393 e. The molecule has 3 aromatic rings. The monoisotopic (exact) mass is 444 g/mol. The molecule has 0 spiro atoms. The molecule has 3 aromatic heterocycles. The van der Waals surface area contributed by atoms with Crippen molar-refractivity contribution in [1.82, 2.24) is 19.9 Å². The van der Waals surface area contributed by atoms with Gasteiger partial charge in [0.2, 0.25) is 5.91 Å². The summed E-state index contributed by atoms with van der Waals surface area (Å²) >= 11 is 0. The molecule has 32 heavy (non-hydrogen) atoms. The van der Waals surface area contributed by atoms with E-state index in [2.05, 4.69) is 21.0 Å². The molecule has 170 valence electrons. The molecule has 1 saturated carbocycles. The van der Waals surface area contributed by atoms with Crippen molar-refractivity contribution in [2.24, 2.45) is 11.8 Å². The van der Waals surface area contributed by atoms with Gasteiger partial charge in [-0.1, -0.05) is 0 Å². The molecular weight excluding hydrogens is 417 g/mol. The van der Waals surface area contributed by atoms with Crippen LogP contribution < -0.4 is 0 Å². The van der Waals surface area contributed by atoms with Gasteiger partial charge in [-0.15, -0.1) is 0 Å². The Balaban J connectivity index is 1.24. The average Bonchev–Trinajstić information content (AvgIpc) is 3.28. The molecule has 1 N–H and O–H groups in total. The van der Waals surface area contributed by atoms with E-state index in [-0.39, 0.29) is 24.8 Å². The van der Waals surface area contributed by atoms with Gasteiger partial charge in [-0.05, 0) is 68.1 Å². The fourth-order valence-corrected chi connectivity index (χ4v) is 5.54. The van der Waals surface area contributed by atoms with E-state index in [1.807, 2.05) is 18.5 Å². The molecule has 1 atom stereocenters.